The SMILES string of the molecule is Fc1ccc(-c2nn3c(c2-c2ccc4cn[nH]c4c2)CCC3)cc1. The largest absolute Gasteiger partial charge is 0.278 e. The average Bonchev–Trinajstić information content (AvgIpc) is 3.29. The van der Waals surface area contributed by atoms with E-state index < -0.39 is 0 Å². The van der Waals surface area contributed by atoms with Gasteiger partial charge in [-0.3, -0.25) is 9.78 Å². The summed E-state index contributed by atoms with van der Waals surface area (Å²) in [6, 6.07) is 12.9. The maximum absolute atomic E-state index is 13.3. The molecule has 5 rings (SSSR count). The van der Waals surface area contributed by atoms with Gasteiger partial charge >= 0.3 is 0 Å². The standard InChI is InChI=1S/C19H15FN4/c20-15-7-5-12(6-8-15)19-18(17-2-1-9-24(17)23-19)13-3-4-14-11-21-22-16(14)10-13/h3-8,10-11H,1-2,9H2,(H,21,22). The molecule has 1 aliphatic heterocycles. The molecule has 0 radical (unpaired) electrons. The highest BCUT2D eigenvalue weighted by atomic mass is 19.1. The normalized spacial score (nSPS) is 13.5. The first-order valence-electron chi connectivity index (χ1n) is 8.09. The van der Waals surface area contributed by atoms with E-state index in [-0.39, 0.29) is 5.82 Å². The lowest BCUT2D eigenvalue weighted by Gasteiger charge is -2.06. The van der Waals surface area contributed by atoms with Crippen LogP contribution in [-0.4, -0.2) is 20.0 Å². The Morgan fingerprint density at radius 3 is 2.75 bits per heavy atom. The smallest absolute Gasteiger partial charge is 0.123 e. The topological polar surface area (TPSA) is 46.5 Å². The zero-order chi connectivity index (χ0) is 16.1. The molecule has 0 aliphatic carbocycles. The van der Waals surface area contributed by atoms with Gasteiger partial charge in [-0.05, 0) is 48.7 Å². The third-order valence-electron chi connectivity index (χ3n) is 4.69. The first kappa shape index (κ1) is 13.5. The number of aromatic nitrogens is 4. The lowest BCUT2D eigenvalue weighted by Crippen LogP contribution is -1.94. The molecule has 4 nitrogen and oxygen atoms in total. The maximum Gasteiger partial charge on any atom is 0.123 e. The number of halogens is 1. The van der Waals surface area contributed by atoms with Gasteiger partial charge in [0.25, 0.3) is 0 Å². The lowest BCUT2D eigenvalue weighted by molar-refractivity contribution is 0.628. The van der Waals surface area contributed by atoms with Crippen molar-refractivity contribution in [1.82, 2.24) is 20.0 Å². The van der Waals surface area contributed by atoms with Crippen LogP contribution in [0.15, 0.2) is 48.7 Å². The van der Waals surface area contributed by atoms with Crippen LogP contribution in [0.25, 0.3) is 33.3 Å². The van der Waals surface area contributed by atoms with Crippen molar-refractivity contribution in [3.05, 3.63) is 60.2 Å². The zero-order valence-electron chi connectivity index (χ0n) is 13.0. The second-order valence-corrected chi connectivity index (χ2v) is 6.18. The van der Waals surface area contributed by atoms with Crippen LogP contribution in [0.2, 0.25) is 0 Å². The summed E-state index contributed by atoms with van der Waals surface area (Å²) in [5, 5.41) is 13.0. The van der Waals surface area contributed by atoms with Gasteiger partial charge in [-0.2, -0.15) is 10.2 Å². The van der Waals surface area contributed by atoms with Crippen molar-refractivity contribution >= 4 is 10.9 Å². The Hall–Kier alpha value is -2.95. The number of aryl methyl sites for hydroxylation is 1. The third-order valence-corrected chi connectivity index (χ3v) is 4.69. The molecule has 1 aliphatic rings. The van der Waals surface area contributed by atoms with Gasteiger partial charge in [0.15, 0.2) is 0 Å². The number of benzene rings is 2. The molecule has 1 N–H and O–H groups in total. The number of fused-ring (bicyclic) bond motifs is 2. The predicted octanol–water partition coefficient (Wildman–Crippen LogP) is 4.18. The first-order chi connectivity index (χ1) is 11.8. The van der Waals surface area contributed by atoms with Crippen LogP contribution >= 0.6 is 0 Å². The fraction of sp³-hybridized carbons (Fsp3) is 0.158. The van der Waals surface area contributed by atoms with Crippen molar-refractivity contribution in [2.45, 2.75) is 19.4 Å². The van der Waals surface area contributed by atoms with Gasteiger partial charge in [0.2, 0.25) is 0 Å². The van der Waals surface area contributed by atoms with E-state index in [1.165, 1.54) is 17.8 Å². The molecule has 0 fully saturated rings. The number of nitrogens with one attached hydrogen (secondary N) is 1. The number of hydrogen-bond acceptors (Lipinski definition) is 2. The molecular formula is C19H15FN4. The van der Waals surface area contributed by atoms with Gasteiger partial charge in [0.1, 0.15) is 11.5 Å². The number of hydrogen-bond donors (Lipinski definition) is 1. The van der Waals surface area contributed by atoms with Crippen molar-refractivity contribution in [3.63, 3.8) is 0 Å². The highest BCUT2D eigenvalue weighted by molar-refractivity contribution is 5.89. The first-order valence-corrected chi connectivity index (χ1v) is 8.09. The molecule has 2 aromatic heterocycles. The number of rotatable bonds is 2. The van der Waals surface area contributed by atoms with Crippen LogP contribution in [-0.2, 0) is 13.0 Å². The summed E-state index contributed by atoms with van der Waals surface area (Å²) >= 11 is 0. The van der Waals surface area contributed by atoms with E-state index in [4.69, 9.17) is 5.10 Å². The molecule has 0 amide bonds. The molecule has 0 bridgehead atoms. The monoisotopic (exact) mass is 318 g/mol. The van der Waals surface area contributed by atoms with Crippen molar-refractivity contribution in [2.24, 2.45) is 0 Å². The molecule has 0 atom stereocenters. The minimum absolute atomic E-state index is 0.231. The van der Waals surface area contributed by atoms with Gasteiger partial charge in [-0.1, -0.05) is 12.1 Å². The van der Waals surface area contributed by atoms with Crippen molar-refractivity contribution < 1.29 is 4.39 Å². The second-order valence-electron chi connectivity index (χ2n) is 6.18. The quantitative estimate of drug-likeness (QED) is 0.603. The zero-order valence-corrected chi connectivity index (χ0v) is 13.0. The van der Waals surface area contributed by atoms with Gasteiger partial charge in [-0.25, -0.2) is 4.39 Å². The van der Waals surface area contributed by atoms with E-state index in [0.717, 1.165) is 52.7 Å². The van der Waals surface area contributed by atoms with Gasteiger partial charge in [-0.15, -0.1) is 0 Å². The molecule has 0 saturated carbocycles. The molecule has 2 aromatic carbocycles. The Bertz CT molecular complexity index is 1040. The summed E-state index contributed by atoms with van der Waals surface area (Å²) in [5.74, 6) is -0.231. The Balaban J connectivity index is 1.75. The summed E-state index contributed by atoms with van der Waals surface area (Å²) in [6.45, 7) is 0.940. The summed E-state index contributed by atoms with van der Waals surface area (Å²) < 4.78 is 15.4. The fourth-order valence-corrected chi connectivity index (χ4v) is 3.54. The minimum Gasteiger partial charge on any atom is -0.278 e. The predicted molar refractivity (Wildman–Crippen MR) is 91.0 cm³/mol. The molecule has 0 spiro atoms. The van der Waals surface area contributed by atoms with E-state index >= 15 is 0 Å². The molecule has 0 unspecified atom stereocenters. The Labute approximate surface area is 137 Å². The summed E-state index contributed by atoms with van der Waals surface area (Å²) in [4.78, 5) is 0. The van der Waals surface area contributed by atoms with E-state index in [1.807, 2.05) is 6.20 Å². The molecule has 4 aromatic rings. The second kappa shape index (κ2) is 5.03. The third kappa shape index (κ3) is 1.98. The van der Waals surface area contributed by atoms with E-state index in [1.54, 1.807) is 12.1 Å². The van der Waals surface area contributed by atoms with Crippen molar-refractivity contribution in [3.8, 4) is 22.4 Å². The lowest BCUT2D eigenvalue weighted by atomic mass is 9.97. The average molecular weight is 318 g/mol. The highest BCUT2D eigenvalue weighted by Crippen LogP contribution is 2.38. The molecule has 24 heavy (non-hydrogen) atoms. The Kier molecular flexibility index (Phi) is 2.82. The molecule has 3 heterocycles. The van der Waals surface area contributed by atoms with E-state index in [2.05, 4.69) is 33.1 Å². The van der Waals surface area contributed by atoms with E-state index in [9.17, 15) is 4.39 Å². The van der Waals surface area contributed by atoms with Crippen molar-refractivity contribution in [2.75, 3.05) is 0 Å². The summed E-state index contributed by atoms with van der Waals surface area (Å²) in [6.07, 6.45) is 3.96. The number of nitrogens with zero attached hydrogens (tertiary/aromatic N) is 3. The van der Waals surface area contributed by atoms with E-state index in [0.29, 0.717) is 0 Å². The molecule has 5 heteroatoms. The molecule has 118 valence electrons. The van der Waals surface area contributed by atoms with Gasteiger partial charge in [0.05, 0.1) is 11.7 Å². The summed E-state index contributed by atoms with van der Waals surface area (Å²) in [5.41, 5.74) is 6.40. The molecule has 0 saturated heterocycles. The fourth-order valence-electron chi connectivity index (χ4n) is 3.54. The van der Waals surface area contributed by atoms with Crippen molar-refractivity contribution in [1.29, 1.82) is 0 Å². The van der Waals surface area contributed by atoms with Gasteiger partial charge in [0, 0.05) is 28.8 Å². The van der Waals surface area contributed by atoms with Gasteiger partial charge < -0.3 is 0 Å². The molecular weight excluding hydrogens is 303 g/mol. The number of H-pyrrole nitrogens is 1. The Morgan fingerprint density at radius 1 is 1.04 bits per heavy atom. The van der Waals surface area contributed by atoms with Crippen LogP contribution in [0, 0.1) is 5.82 Å². The van der Waals surface area contributed by atoms with Crippen LogP contribution in [0.5, 0.6) is 0 Å². The highest BCUT2D eigenvalue weighted by Gasteiger charge is 2.24. The summed E-state index contributed by atoms with van der Waals surface area (Å²) in [7, 11) is 0. The Morgan fingerprint density at radius 2 is 1.88 bits per heavy atom. The number of aromatic amines is 1. The van der Waals surface area contributed by atoms with Crippen LogP contribution in [0.1, 0.15) is 12.1 Å². The van der Waals surface area contributed by atoms with Crippen LogP contribution in [0.4, 0.5) is 4.39 Å². The maximum atomic E-state index is 13.3. The van der Waals surface area contributed by atoms with Crippen LogP contribution < -0.4 is 0 Å². The minimum atomic E-state index is -0.231. The van der Waals surface area contributed by atoms with Crippen LogP contribution in [0.3, 0.4) is 0 Å².